The summed E-state index contributed by atoms with van der Waals surface area (Å²) in [6.07, 6.45) is 7.73. The van der Waals surface area contributed by atoms with E-state index in [9.17, 15) is 0 Å². The number of allylic oxidation sites excluding steroid dienone is 1. The number of benzene rings is 1. The van der Waals surface area contributed by atoms with Gasteiger partial charge in [0.2, 0.25) is 0 Å². The van der Waals surface area contributed by atoms with E-state index in [0.717, 1.165) is 31.4 Å². The fourth-order valence-electron chi connectivity index (χ4n) is 3.12. The van der Waals surface area contributed by atoms with Crippen LogP contribution in [0, 0.1) is 6.92 Å². The first-order chi connectivity index (χ1) is 12.0. The second-order valence-corrected chi connectivity index (χ2v) is 6.89. The summed E-state index contributed by atoms with van der Waals surface area (Å²) in [7, 11) is 0. The zero-order valence-corrected chi connectivity index (χ0v) is 16.1. The lowest BCUT2D eigenvalue weighted by Crippen LogP contribution is -2.04. The van der Waals surface area contributed by atoms with Crippen LogP contribution in [0.5, 0.6) is 0 Å². The number of nitrogens with two attached hydrogens (primary N) is 1. The summed E-state index contributed by atoms with van der Waals surface area (Å²) >= 11 is 0. The van der Waals surface area contributed by atoms with Gasteiger partial charge >= 0.3 is 0 Å². The highest BCUT2D eigenvalue weighted by Gasteiger charge is 2.08. The Morgan fingerprint density at radius 1 is 1.00 bits per heavy atom. The van der Waals surface area contributed by atoms with Gasteiger partial charge in [-0.2, -0.15) is 0 Å². The molecule has 0 radical (unpaired) electrons. The van der Waals surface area contributed by atoms with Crippen LogP contribution in [0.2, 0.25) is 0 Å². The summed E-state index contributed by atoms with van der Waals surface area (Å²) in [5.41, 5.74) is 13.5. The zero-order valence-electron chi connectivity index (χ0n) is 16.1. The SMILES string of the molecule is C=C(CC)c1ccc(CCc2cc(CCCCC)c(N)nc2C)cc1. The predicted molar refractivity (Wildman–Crippen MR) is 110 cm³/mol. The minimum atomic E-state index is 0.708. The van der Waals surface area contributed by atoms with Gasteiger partial charge in [-0.05, 0) is 66.9 Å². The molecule has 1 aromatic carbocycles. The molecule has 0 amide bonds. The normalized spacial score (nSPS) is 10.8. The van der Waals surface area contributed by atoms with Crippen LogP contribution in [-0.2, 0) is 19.3 Å². The molecule has 0 unspecified atom stereocenters. The van der Waals surface area contributed by atoms with Crippen molar-refractivity contribution >= 4 is 11.4 Å². The number of pyridine rings is 1. The molecule has 0 atom stereocenters. The van der Waals surface area contributed by atoms with Gasteiger partial charge in [-0.3, -0.25) is 0 Å². The predicted octanol–water partition coefficient (Wildman–Crippen LogP) is 5.91. The van der Waals surface area contributed by atoms with Crippen molar-refractivity contribution in [3.8, 4) is 0 Å². The van der Waals surface area contributed by atoms with E-state index >= 15 is 0 Å². The summed E-state index contributed by atoms with van der Waals surface area (Å²) in [5, 5.41) is 0. The van der Waals surface area contributed by atoms with E-state index in [0.29, 0.717) is 5.82 Å². The molecule has 2 heteroatoms. The first-order valence-electron chi connectivity index (χ1n) is 9.57. The minimum Gasteiger partial charge on any atom is -0.383 e. The van der Waals surface area contributed by atoms with Crippen LogP contribution in [0.15, 0.2) is 36.9 Å². The maximum absolute atomic E-state index is 6.12. The standard InChI is InChI=1S/C23H32N2/c1-5-7-8-9-22-16-21(18(4)25-23(22)24)15-12-19-10-13-20(14-11-19)17(3)6-2/h10-11,13-14,16H,3,5-9,12,15H2,1-2,4H3,(H2,24,25). The van der Waals surface area contributed by atoms with E-state index in [1.54, 1.807) is 0 Å². The molecular formula is C23H32N2. The number of hydrogen-bond acceptors (Lipinski definition) is 2. The zero-order chi connectivity index (χ0) is 18.2. The van der Waals surface area contributed by atoms with Crippen LogP contribution in [0.3, 0.4) is 0 Å². The summed E-state index contributed by atoms with van der Waals surface area (Å²) < 4.78 is 0. The van der Waals surface area contributed by atoms with Gasteiger partial charge in [0, 0.05) is 5.69 Å². The van der Waals surface area contributed by atoms with E-state index in [4.69, 9.17) is 5.73 Å². The third-order valence-corrected chi connectivity index (χ3v) is 4.95. The van der Waals surface area contributed by atoms with Crippen molar-refractivity contribution in [3.63, 3.8) is 0 Å². The highest BCUT2D eigenvalue weighted by Crippen LogP contribution is 2.20. The lowest BCUT2D eigenvalue weighted by molar-refractivity contribution is 0.715. The first kappa shape index (κ1) is 19.2. The number of hydrogen-bond donors (Lipinski definition) is 1. The van der Waals surface area contributed by atoms with Gasteiger partial charge in [-0.25, -0.2) is 4.98 Å². The Morgan fingerprint density at radius 3 is 2.36 bits per heavy atom. The quantitative estimate of drug-likeness (QED) is 0.578. The molecule has 25 heavy (non-hydrogen) atoms. The molecule has 0 aliphatic carbocycles. The monoisotopic (exact) mass is 336 g/mol. The van der Waals surface area contributed by atoms with E-state index in [-0.39, 0.29) is 0 Å². The van der Waals surface area contributed by atoms with Crippen LogP contribution in [0.1, 0.15) is 67.5 Å². The molecule has 1 heterocycles. The molecule has 0 fully saturated rings. The molecule has 0 saturated heterocycles. The summed E-state index contributed by atoms with van der Waals surface area (Å²) in [6.45, 7) is 10.5. The number of aryl methyl sites for hydroxylation is 4. The number of aromatic nitrogens is 1. The Labute approximate surface area is 153 Å². The molecule has 2 nitrogen and oxygen atoms in total. The van der Waals surface area contributed by atoms with Gasteiger partial charge in [0.05, 0.1) is 0 Å². The average Bonchev–Trinajstić information content (AvgIpc) is 2.62. The van der Waals surface area contributed by atoms with Crippen molar-refractivity contribution in [2.75, 3.05) is 5.73 Å². The topological polar surface area (TPSA) is 38.9 Å². The number of unbranched alkanes of at least 4 members (excludes halogenated alkanes) is 2. The average molecular weight is 337 g/mol. The highest BCUT2D eigenvalue weighted by molar-refractivity contribution is 5.63. The molecule has 134 valence electrons. The fraction of sp³-hybridized carbons (Fsp3) is 0.435. The van der Waals surface area contributed by atoms with E-state index < -0.39 is 0 Å². The molecule has 2 rings (SSSR count). The van der Waals surface area contributed by atoms with Crippen LogP contribution < -0.4 is 5.73 Å². The lowest BCUT2D eigenvalue weighted by atomic mass is 9.98. The third kappa shape index (κ3) is 5.45. The molecule has 0 aliphatic heterocycles. The van der Waals surface area contributed by atoms with Gasteiger partial charge < -0.3 is 5.73 Å². The van der Waals surface area contributed by atoms with Crippen molar-refractivity contribution in [2.24, 2.45) is 0 Å². The Bertz CT molecular complexity index is 699. The van der Waals surface area contributed by atoms with Crippen molar-refractivity contribution in [2.45, 2.75) is 65.7 Å². The Morgan fingerprint density at radius 2 is 1.72 bits per heavy atom. The number of rotatable bonds is 9. The molecule has 0 spiro atoms. The van der Waals surface area contributed by atoms with Crippen molar-refractivity contribution < 1.29 is 0 Å². The van der Waals surface area contributed by atoms with Crippen LogP contribution in [-0.4, -0.2) is 4.98 Å². The van der Waals surface area contributed by atoms with Crippen molar-refractivity contribution in [3.05, 3.63) is 64.9 Å². The maximum atomic E-state index is 6.12. The van der Waals surface area contributed by atoms with E-state index in [1.807, 2.05) is 0 Å². The molecule has 2 aromatic rings. The van der Waals surface area contributed by atoms with Crippen molar-refractivity contribution in [1.82, 2.24) is 4.98 Å². The summed E-state index contributed by atoms with van der Waals surface area (Å²) in [5.74, 6) is 0.708. The lowest BCUT2D eigenvalue weighted by Gasteiger charge is -2.12. The smallest absolute Gasteiger partial charge is 0.126 e. The van der Waals surface area contributed by atoms with Gasteiger partial charge in [0.25, 0.3) is 0 Å². The second-order valence-electron chi connectivity index (χ2n) is 6.89. The van der Waals surface area contributed by atoms with Crippen LogP contribution in [0.4, 0.5) is 5.82 Å². The molecule has 1 aromatic heterocycles. The Kier molecular flexibility index (Phi) is 7.24. The van der Waals surface area contributed by atoms with E-state index in [2.05, 4.69) is 62.7 Å². The van der Waals surface area contributed by atoms with E-state index in [1.165, 1.54) is 47.1 Å². The fourth-order valence-corrected chi connectivity index (χ4v) is 3.12. The third-order valence-electron chi connectivity index (χ3n) is 4.95. The first-order valence-corrected chi connectivity index (χ1v) is 9.57. The van der Waals surface area contributed by atoms with Gasteiger partial charge in [0.15, 0.2) is 0 Å². The maximum Gasteiger partial charge on any atom is 0.126 e. The second kappa shape index (κ2) is 9.41. The summed E-state index contributed by atoms with van der Waals surface area (Å²) in [6, 6.07) is 11.1. The van der Waals surface area contributed by atoms with Crippen LogP contribution in [0.25, 0.3) is 5.57 Å². The van der Waals surface area contributed by atoms with Gasteiger partial charge in [-0.15, -0.1) is 0 Å². The summed E-state index contributed by atoms with van der Waals surface area (Å²) in [4.78, 5) is 4.58. The van der Waals surface area contributed by atoms with Crippen LogP contribution >= 0.6 is 0 Å². The molecular weight excluding hydrogens is 304 g/mol. The molecule has 0 saturated carbocycles. The van der Waals surface area contributed by atoms with Gasteiger partial charge in [-0.1, -0.05) is 63.6 Å². The minimum absolute atomic E-state index is 0.708. The molecule has 2 N–H and O–H groups in total. The largest absolute Gasteiger partial charge is 0.383 e. The molecule has 0 bridgehead atoms. The Hall–Kier alpha value is -2.09. The van der Waals surface area contributed by atoms with Gasteiger partial charge in [0.1, 0.15) is 5.82 Å². The number of nitrogen functional groups attached to an aromatic ring is 1. The number of anilines is 1. The molecule has 0 aliphatic rings. The van der Waals surface area contributed by atoms with Crippen molar-refractivity contribution in [1.29, 1.82) is 0 Å². The number of nitrogens with zero attached hydrogens (tertiary/aromatic N) is 1. The Balaban J connectivity index is 2.04. The highest BCUT2D eigenvalue weighted by atomic mass is 14.8.